The minimum absolute atomic E-state index is 0.152. The lowest BCUT2D eigenvalue weighted by Crippen LogP contribution is -2.17. The molecule has 0 aliphatic carbocycles. The van der Waals surface area contributed by atoms with Gasteiger partial charge in [-0.15, -0.1) is 0 Å². The van der Waals surface area contributed by atoms with Gasteiger partial charge in [0.1, 0.15) is 0 Å². The number of nitrogens with one attached hydrogen (secondary N) is 1. The van der Waals surface area contributed by atoms with Crippen molar-refractivity contribution >= 4 is 12.1 Å². The first-order valence-electron chi connectivity index (χ1n) is 7.69. The number of carbonyl (C=O) groups excluding carboxylic acids is 1. The van der Waals surface area contributed by atoms with Crippen LogP contribution in [-0.4, -0.2) is 40.2 Å². The van der Waals surface area contributed by atoms with E-state index in [1.54, 1.807) is 30.3 Å². The van der Waals surface area contributed by atoms with Crippen LogP contribution in [0.25, 0.3) is 0 Å². The summed E-state index contributed by atoms with van der Waals surface area (Å²) in [6, 6.07) is 8.36. The van der Waals surface area contributed by atoms with E-state index in [2.05, 4.69) is 10.5 Å². The van der Waals surface area contributed by atoms with Gasteiger partial charge in [-0.25, -0.2) is 5.43 Å². The highest BCUT2D eigenvalue weighted by Crippen LogP contribution is 2.37. The number of hydrogen-bond acceptors (Lipinski definition) is 7. The largest absolute Gasteiger partial charge is 0.493 e. The molecule has 1 aliphatic heterocycles. The molecule has 2 aromatic rings. The molecule has 0 saturated heterocycles. The Balaban J connectivity index is 1.73. The molecule has 0 aromatic heterocycles. The van der Waals surface area contributed by atoms with Crippen LogP contribution < -0.4 is 29.1 Å². The number of rotatable bonds is 6. The van der Waals surface area contributed by atoms with Crippen LogP contribution in [0.4, 0.5) is 0 Å². The van der Waals surface area contributed by atoms with E-state index >= 15 is 0 Å². The van der Waals surface area contributed by atoms with Crippen molar-refractivity contribution in [3.05, 3.63) is 41.5 Å². The highest BCUT2D eigenvalue weighted by atomic mass is 16.7. The van der Waals surface area contributed by atoms with E-state index < -0.39 is 0 Å². The molecule has 26 heavy (non-hydrogen) atoms. The summed E-state index contributed by atoms with van der Waals surface area (Å²) in [5, 5.41) is 3.97. The molecule has 0 unspecified atom stereocenters. The number of hydrogen-bond donors (Lipinski definition) is 1. The van der Waals surface area contributed by atoms with E-state index in [-0.39, 0.29) is 12.7 Å². The first kappa shape index (κ1) is 17.4. The van der Waals surface area contributed by atoms with Crippen molar-refractivity contribution in [2.45, 2.75) is 0 Å². The Morgan fingerprint density at radius 3 is 2.38 bits per heavy atom. The zero-order valence-corrected chi connectivity index (χ0v) is 14.6. The maximum atomic E-state index is 12.2. The van der Waals surface area contributed by atoms with Gasteiger partial charge in [0.15, 0.2) is 23.0 Å². The molecule has 0 saturated carbocycles. The van der Waals surface area contributed by atoms with Crippen LogP contribution in [0.3, 0.4) is 0 Å². The van der Waals surface area contributed by atoms with E-state index in [1.165, 1.54) is 27.5 Å². The second-order valence-corrected chi connectivity index (χ2v) is 5.23. The van der Waals surface area contributed by atoms with Gasteiger partial charge in [0.25, 0.3) is 5.91 Å². The monoisotopic (exact) mass is 358 g/mol. The molecule has 1 heterocycles. The van der Waals surface area contributed by atoms with Gasteiger partial charge in [-0.2, -0.15) is 5.10 Å². The van der Waals surface area contributed by atoms with Crippen molar-refractivity contribution in [2.75, 3.05) is 28.1 Å². The van der Waals surface area contributed by atoms with E-state index in [0.29, 0.717) is 39.9 Å². The summed E-state index contributed by atoms with van der Waals surface area (Å²) in [7, 11) is 4.58. The van der Waals surface area contributed by atoms with Crippen molar-refractivity contribution < 1.29 is 28.5 Å². The molecule has 3 rings (SSSR count). The lowest BCUT2D eigenvalue weighted by atomic mass is 10.2. The van der Waals surface area contributed by atoms with Gasteiger partial charge in [-0.05, 0) is 30.3 Å². The van der Waals surface area contributed by atoms with Crippen molar-refractivity contribution in [2.24, 2.45) is 5.10 Å². The molecule has 136 valence electrons. The van der Waals surface area contributed by atoms with Gasteiger partial charge in [-0.3, -0.25) is 4.79 Å². The predicted molar refractivity (Wildman–Crippen MR) is 93.7 cm³/mol. The van der Waals surface area contributed by atoms with Crippen molar-refractivity contribution in [1.29, 1.82) is 0 Å². The van der Waals surface area contributed by atoms with Crippen LogP contribution in [0, 0.1) is 0 Å². The van der Waals surface area contributed by atoms with Gasteiger partial charge in [0.2, 0.25) is 12.5 Å². The summed E-state index contributed by atoms with van der Waals surface area (Å²) < 4.78 is 26.3. The Morgan fingerprint density at radius 1 is 1.04 bits per heavy atom. The molecule has 8 nitrogen and oxygen atoms in total. The second kappa shape index (κ2) is 7.64. The number of carbonyl (C=O) groups is 1. The molecule has 2 aromatic carbocycles. The molecule has 0 fully saturated rings. The summed E-state index contributed by atoms with van der Waals surface area (Å²) in [5.74, 6) is 2.25. The smallest absolute Gasteiger partial charge is 0.271 e. The fourth-order valence-electron chi connectivity index (χ4n) is 2.44. The average molecular weight is 358 g/mol. The number of nitrogens with zero attached hydrogens (tertiary/aromatic N) is 1. The van der Waals surface area contributed by atoms with Gasteiger partial charge in [0.05, 0.1) is 27.5 Å². The predicted octanol–water partition coefficient (Wildman–Crippen LogP) is 2.21. The number of benzene rings is 2. The van der Waals surface area contributed by atoms with Gasteiger partial charge in [-0.1, -0.05) is 0 Å². The fourth-order valence-corrected chi connectivity index (χ4v) is 2.44. The van der Waals surface area contributed by atoms with Crippen molar-refractivity contribution in [1.82, 2.24) is 5.43 Å². The molecule has 8 heteroatoms. The summed E-state index contributed by atoms with van der Waals surface area (Å²) >= 11 is 0. The van der Waals surface area contributed by atoms with Crippen molar-refractivity contribution in [3.63, 3.8) is 0 Å². The molecular formula is C18H18N2O6. The minimum Gasteiger partial charge on any atom is -0.493 e. The quantitative estimate of drug-likeness (QED) is 0.629. The van der Waals surface area contributed by atoms with Gasteiger partial charge in [0, 0.05) is 11.1 Å². The normalized spacial score (nSPS) is 12.1. The third-order valence-corrected chi connectivity index (χ3v) is 3.70. The van der Waals surface area contributed by atoms with Crippen LogP contribution in [0.15, 0.2) is 35.4 Å². The van der Waals surface area contributed by atoms with E-state index in [4.69, 9.17) is 23.7 Å². The molecule has 1 amide bonds. The topological polar surface area (TPSA) is 87.6 Å². The maximum Gasteiger partial charge on any atom is 0.271 e. The maximum absolute atomic E-state index is 12.2. The molecule has 1 aliphatic rings. The third-order valence-electron chi connectivity index (χ3n) is 3.70. The number of ether oxygens (including phenoxy) is 5. The van der Waals surface area contributed by atoms with Gasteiger partial charge >= 0.3 is 0 Å². The first-order valence-corrected chi connectivity index (χ1v) is 7.69. The van der Waals surface area contributed by atoms with E-state index in [9.17, 15) is 4.79 Å². The first-order chi connectivity index (χ1) is 12.7. The standard InChI is InChI=1S/C18H18N2O6/c1-22-15-6-11(7-16(23-2)17(15)24-3)9-19-20-18(21)12-4-5-13-14(8-12)26-10-25-13/h4-9H,10H2,1-3H3,(H,20,21). The summed E-state index contributed by atoms with van der Waals surface area (Å²) in [5.41, 5.74) is 3.55. The van der Waals surface area contributed by atoms with Crippen LogP contribution in [-0.2, 0) is 0 Å². The molecule has 0 spiro atoms. The SMILES string of the molecule is COc1cc(C=NNC(=O)c2ccc3c(c2)OCO3)cc(OC)c1OC. The Labute approximate surface area is 150 Å². The minimum atomic E-state index is -0.369. The van der Waals surface area contributed by atoms with Crippen LogP contribution in [0.2, 0.25) is 0 Å². The number of hydrazone groups is 1. The van der Waals surface area contributed by atoms with Crippen LogP contribution in [0.5, 0.6) is 28.7 Å². The van der Waals surface area contributed by atoms with Crippen LogP contribution in [0.1, 0.15) is 15.9 Å². The fraction of sp³-hybridized carbons (Fsp3) is 0.222. The second-order valence-electron chi connectivity index (χ2n) is 5.23. The number of amides is 1. The lowest BCUT2D eigenvalue weighted by molar-refractivity contribution is 0.0954. The highest BCUT2D eigenvalue weighted by molar-refractivity contribution is 5.95. The lowest BCUT2D eigenvalue weighted by Gasteiger charge is -2.12. The number of methoxy groups -OCH3 is 3. The highest BCUT2D eigenvalue weighted by Gasteiger charge is 2.16. The molecule has 0 bridgehead atoms. The Hall–Kier alpha value is -3.42. The van der Waals surface area contributed by atoms with E-state index in [0.717, 1.165) is 0 Å². The summed E-state index contributed by atoms with van der Waals surface area (Å²) in [6.07, 6.45) is 1.48. The van der Waals surface area contributed by atoms with Crippen LogP contribution >= 0.6 is 0 Å². The molecular weight excluding hydrogens is 340 g/mol. The third kappa shape index (κ3) is 3.49. The Kier molecular flexibility index (Phi) is 5.12. The van der Waals surface area contributed by atoms with E-state index in [1.807, 2.05) is 0 Å². The van der Waals surface area contributed by atoms with Gasteiger partial charge < -0.3 is 23.7 Å². The Morgan fingerprint density at radius 2 is 1.73 bits per heavy atom. The Bertz CT molecular complexity index is 825. The zero-order valence-electron chi connectivity index (χ0n) is 14.6. The van der Waals surface area contributed by atoms with Crippen molar-refractivity contribution in [3.8, 4) is 28.7 Å². The zero-order chi connectivity index (χ0) is 18.5. The summed E-state index contributed by atoms with van der Waals surface area (Å²) in [4.78, 5) is 12.2. The molecule has 0 radical (unpaired) electrons. The summed E-state index contributed by atoms with van der Waals surface area (Å²) in [6.45, 7) is 0.152. The number of fused-ring (bicyclic) bond motifs is 1. The molecule has 1 N–H and O–H groups in total. The molecule has 0 atom stereocenters. The average Bonchev–Trinajstić information content (AvgIpc) is 3.14.